The molecule has 0 radical (unpaired) electrons. The van der Waals surface area contributed by atoms with Gasteiger partial charge in [-0.3, -0.25) is 0 Å². The summed E-state index contributed by atoms with van der Waals surface area (Å²) in [7, 11) is 0. The molecule has 88 valence electrons. The fourth-order valence-electron chi connectivity index (χ4n) is 1.95. The van der Waals surface area contributed by atoms with Gasteiger partial charge in [0.05, 0.1) is 6.10 Å². The minimum atomic E-state index is -0.240. The molecule has 1 aliphatic rings. The summed E-state index contributed by atoms with van der Waals surface area (Å²) in [6.45, 7) is 0. The molecule has 0 saturated heterocycles. The van der Waals surface area contributed by atoms with Crippen LogP contribution < -0.4 is 0 Å². The van der Waals surface area contributed by atoms with Gasteiger partial charge in [-0.05, 0) is 25.0 Å². The van der Waals surface area contributed by atoms with E-state index in [1.165, 1.54) is 0 Å². The van der Waals surface area contributed by atoms with Gasteiger partial charge in [0.1, 0.15) is 5.75 Å². The van der Waals surface area contributed by atoms with Crippen LogP contribution in [0.15, 0.2) is 28.8 Å². The first kappa shape index (κ1) is 10.3. The third kappa shape index (κ3) is 1.89. The molecule has 0 bridgehead atoms. The van der Waals surface area contributed by atoms with E-state index in [2.05, 4.69) is 10.1 Å². The zero-order valence-corrected chi connectivity index (χ0v) is 9.08. The zero-order valence-electron chi connectivity index (χ0n) is 9.08. The second-order valence-electron chi connectivity index (χ2n) is 4.33. The van der Waals surface area contributed by atoms with Gasteiger partial charge in [-0.2, -0.15) is 4.98 Å². The molecule has 17 heavy (non-hydrogen) atoms. The molecule has 5 nitrogen and oxygen atoms in total. The number of phenolic OH excluding ortho intramolecular Hbond substituents is 1. The number of benzene rings is 1. The van der Waals surface area contributed by atoms with Gasteiger partial charge in [-0.25, -0.2) is 0 Å². The molecular formula is C12H12N2O3. The van der Waals surface area contributed by atoms with Crippen molar-refractivity contribution in [2.75, 3.05) is 0 Å². The Labute approximate surface area is 97.7 Å². The lowest BCUT2D eigenvalue weighted by atomic mass is 9.82. The van der Waals surface area contributed by atoms with Gasteiger partial charge in [0, 0.05) is 11.5 Å². The second kappa shape index (κ2) is 3.85. The molecule has 1 heterocycles. The highest BCUT2D eigenvalue weighted by Gasteiger charge is 2.33. The molecule has 0 atom stereocenters. The first-order valence-corrected chi connectivity index (χ1v) is 5.53. The van der Waals surface area contributed by atoms with E-state index in [-0.39, 0.29) is 17.8 Å². The van der Waals surface area contributed by atoms with Crippen LogP contribution in [0.3, 0.4) is 0 Å². The van der Waals surface area contributed by atoms with Crippen LogP contribution in [-0.4, -0.2) is 26.5 Å². The Balaban J connectivity index is 1.85. The monoisotopic (exact) mass is 232 g/mol. The van der Waals surface area contributed by atoms with Gasteiger partial charge in [-0.1, -0.05) is 17.3 Å². The predicted octanol–water partition coefficient (Wildman–Crippen LogP) is 1.68. The van der Waals surface area contributed by atoms with E-state index in [1.807, 2.05) is 6.07 Å². The van der Waals surface area contributed by atoms with Crippen molar-refractivity contribution in [3.05, 3.63) is 30.2 Å². The minimum Gasteiger partial charge on any atom is -0.508 e. The van der Waals surface area contributed by atoms with Crippen molar-refractivity contribution < 1.29 is 14.7 Å². The molecule has 0 amide bonds. The van der Waals surface area contributed by atoms with Gasteiger partial charge >= 0.3 is 0 Å². The van der Waals surface area contributed by atoms with Crippen LogP contribution in [0.2, 0.25) is 0 Å². The van der Waals surface area contributed by atoms with Crippen molar-refractivity contribution in [1.82, 2.24) is 10.1 Å². The van der Waals surface area contributed by atoms with Gasteiger partial charge in [0.25, 0.3) is 0 Å². The molecule has 1 aromatic carbocycles. The summed E-state index contributed by atoms with van der Waals surface area (Å²) in [6.07, 6.45) is 1.12. The SMILES string of the molecule is Oc1cccc(-c2noc(C3CC(O)C3)n2)c1. The van der Waals surface area contributed by atoms with E-state index in [9.17, 15) is 10.2 Å². The summed E-state index contributed by atoms with van der Waals surface area (Å²) in [5.74, 6) is 1.38. The summed E-state index contributed by atoms with van der Waals surface area (Å²) < 4.78 is 5.16. The number of aliphatic hydroxyl groups is 1. The van der Waals surface area contributed by atoms with Crippen LogP contribution in [0.1, 0.15) is 24.7 Å². The maximum absolute atomic E-state index is 9.36. The average Bonchev–Trinajstić information content (AvgIpc) is 2.74. The second-order valence-corrected chi connectivity index (χ2v) is 4.33. The van der Waals surface area contributed by atoms with E-state index in [1.54, 1.807) is 18.2 Å². The molecule has 0 unspecified atom stereocenters. The van der Waals surface area contributed by atoms with Crippen LogP contribution in [0.4, 0.5) is 0 Å². The Morgan fingerprint density at radius 3 is 2.82 bits per heavy atom. The first-order valence-electron chi connectivity index (χ1n) is 5.53. The molecule has 2 aromatic rings. The van der Waals surface area contributed by atoms with Crippen molar-refractivity contribution >= 4 is 0 Å². The Bertz CT molecular complexity index is 532. The minimum absolute atomic E-state index is 0.170. The smallest absolute Gasteiger partial charge is 0.230 e. The molecule has 0 spiro atoms. The molecule has 1 saturated carbocycles. The average molecular weight is 232 g/mol. The third-order valence-electron chi connectivity index (χ3n) is 3.01. The lowest BCUT2D eigenvalue weighted by Gasteiger charge is -2.27. The summed E-state index contributed by atoms with van der Waals surface area (Å²) in [6, 6.07) is 6.72. The van der Waals surface area contributed by atoms with Gasteiger partial charge in [0.2, 0.25) is 11.7 Å². The summed E-state index contributed by atoms with van der Waals surface area (Å²) in [5, 5.41) is 22.5. The highest BCUT2D eigenvalue weighted by Crippen LogP contribution is 2.36. The molecule has 3 rings (SSSR count). The molecule has 5 heteroatoms. The van der Waals surface area contributed by atoms with Crippen molar-refractivity contribution in [3.63, 3.8) is 0 Å². The van der Waals surface area contributed by atoms with Crippen molar-refractivity contribution in [2.24, 2.45) is 0 Å². The first-order chi connectivity index (χ1) is 8.22. The highest BCUT2D eigenvalue weighted by molar-refractivity contribution is 5.56. The fraction of sp³-hybridized carbons (Fsp3) is 0.333. The van der Waals surface area contributed by atoms with Crippen molar-refractivity contribution in [2.45, 2.75) is 24.9 Å². The number of rotatable bonds is 2. The number of aromatic nitrogens is 2. The summed E-state index contributed by atoms with van der Waals surface area (Å²) in [4.78, 5) is 4.28. The summed E-state index contributed by atoms with van der Waals surface area (Å²) in [5.41, 5.74) is 0.722. The summed E-state index contributed by atoms with van der Waals surface area (Å²) >= 11 is 0. The van der Waals surface area contributed by atoms with Crippen LogP contribution in [0.5, 0.6) is 5.75 Å². The number of hydrogen-bond donors (Lipinski definition) is 2. The number of hydrogen-bond acceptors (Lipinski definition) is 5. The van der Waals surface area contributed by atoms with E-state index in [4.69, 9.17) is 4.52 Å². The zero-order chi connectivity index (χ0) is 11.8. The number of phenols is 1. The van der Waals surface area contributed by atoms with Crippen LogP contribution in [0, 0.1) is 0 Å². The Kier molecular flexibility index (Phi) is 2.33. The topological polar surface area (TPSA) is 79.4 Å². The van der Waals surface area contributed by atoms with Crippen LogP contribution in [-0.2, 0) is 0 Å². The molecule has 1 aliphatic carbocycles. The predicted molar refractivity (Wildman–Crippen MR) is 59.4 cm³/mol. The normalized spacial score (nSPS) is 23.4. The van der Waals surface area contributed by atoms with E-state index in [0.29, 0.717) is 24.6 Å². The molecule has 0 aliphatic heterocycles. The number of aromatic hydroxyl groups is 1. The van der Waals surface area contributed by atoms with Crippen LogP contribution in [0.25, 0.3) is 11.4 Å². The molecule has 2 N–H and O–H groups in total. The third-order valence-corrected chi connectivity index (χ3v) is 3.01. The number of aliphatic hydroxyl groups excluding tert-OH is 1. The molecular weight excluding hydrogens is 220 g/mol. The fourth-order valence-corrected chi connectivity index (χ4v) is 1.95. The lowest BCUT2D eigenvalue weighted by molar-refractivity contribution is 0.0625. The Morgan fingerprint density at radius 1 is 1.29 bits per heavy atom. The standard InChI is InChI=1S/C12H12N2O3/c15-9-3-1-2-7(4-9)11-13-12(17-14-11)8-5-10(16)6-8/h1-4,8,10,15-16H,5-6H2. The van der Waals surface area contributed by atoms with Crippen molar-refractivity contribution in [3.8, 4) is 17.1 Å². The quantitative estimate of drug-likeness (QED) is 0.823. The maximum atomic E-state index is 9.36. The van der Waals surface area contributed by atoms with Gasteiger partial charge in [0.15, 0.2) is 0 Å². The van der Waals surface area contributed by atoms with Crippen LogP contribution >= 0.6 is 0 Å². The lowest BCUT2D eigenvalue weighted by Crippen LogP contribution is -2.26. The molecule has 1 aromatic heterocycles. The van der Waals surface area contributed by atoms with Gasteiger partial charge < -0.3 is 14.7 Å². The van der Waals surface area contributed by atoms with E-state index >= 15 is 0 Å². The van der Waals surface area contributed by atoms with Gasteiger partial charge in [-0.15, -0.1) is 0 Å². The largest absolute Gasteiger partial charge is 0.508 e. The van der Waals surface area contributed by atoms with E-state index < -0.39 is 0 Å². The highest BCUT2D eigenvalue weighted by atomic mass is 16.5. The Hall–Kier alpha value is -1.88. The van der Waals surface area contributed by atoms with Crippen molar-refractivity contribution in [1.29, 1.82) is 0 Å². The number of nitrogens with zero attached hydrogens (tertiary/aromatic N) is 2. The maximum Gasteiger partial charge on any atom is 0.230 e. The van der Waals surface area contributed by atoms with E-state index in [0.717, 1.165) is 5.56 Å². The molecule has 1 fully saturated rings. The Morgan fingerprint density at radius 2 is 2.12 bits per heavy atom.